The largest absolute Gasteiger partial charge is 0.497 e. The van der Waals surface area contributed by atoms with Crippen LogP contribution in [0.2, 0.25) is 0 Å². The van der Waals surface area contributed by atoms with E-state index in [1.807, 2.05) is 43.0 Å². The molecule has 1 aliphatic heterocycles. The summed E-state index contributed by atoms with van der Waals surface area (Å²) in [4.78, 5) is 24.0. The van der Waals surface area contributed by atoms with Crippen molar-refractivity contribution in [1.82, 2.24) is 20.0 Å². The molecule has 1 saturated heterocycles. The Balaban J connectivity index is 1.62. The third-order valence-electron chi connectivity index (χ3n) is 5.24. The molecular formula is C22H24N4O3. The molecule has 3 aromatic rings. The summed E-state index contributed by atoms with van der Waals surface area (Å²) in [5.41, 5.74) is 3.20. The van der Waals surface area contributed by atoms with Gasteiger partial charge in [0, 0.05) is 36.8 Å². The number of rotatable bonds is 4. The third-order valence-corrected chi connectivity index (χ3v) is 5.24. The van der Waals surface area contributed by atoms with E-state index in [0.717, 1.165) is 36.3 Å². The van der Waals surface area contributed by atoms with Crippen LogP contribution in [0, 0.1) is 13.8 Å². The molecule has 0 radical (unpaired) electrons. The molecule has 7 nitrogen and oxygen atoms in total. The van der Waals surface area contributed by atoms with Crippen LogP contribution in [-0.2, 0) is 0 Å². The number of hydrogen-bond donors (Lipinski definition) is 0. The molecule has 1 aromatic carbocycles. The predicted octanol–water partition coefficient (Wildman–Crippen LogP) is 3.78. The van der Waals surface area contributed by atoms with Crippen molar-refractivity contribution in [3.05, 3.63) is 59.3 Å². The first kappa shape index (κ1) is 19.1. The summed E-state index contributed by atoms with van der Waals surface area (Å²) < 4.78 is 10.7. The van der Waals surface area contributed by atoms with Crippen LogP contribution < -0.4 is 4.74 Å². The molecule has 1 aliphatic rings. The van der Waals surface area contributed by atoms with Gasteiger partial charge < -0.3 is 14.2 Å². The van der Waals surface area contributed by atoms with E-state index in [9.17, 15) is 4.79 Å². The van der Waals surface area contributed by atoms with Crippen molar-refractivity contribution >= 4 is 5.91 Å². The molecule has 4 rings (SSSR count). The first-order valence-corrected chi connectivity index (χ1v) is 9.75. The maximum absolute atomic E-state index is 13.1. The molecule has 3 heterocycles. The first-order chi connectivity index (χ1) is 14.0. The summed E-state index contributed by atoms with van der Waals surface area (Å²) in [6.07, 6.45) is 3.66. The molecule has 0 bridgehead atoms. The highest BCUT2D eigenvalue weighted by Crippen LogP contribution is 2.33. The van der Waals surface area contributed by atoms with E-state index in [0.29, 0.717) is 29.4 Å². The number of amides is 1. The highest BCUT2D eigenvalue weighted by Gasteiger charge is 2.29. The van der Waals surface area contributed by atoms with Gasteiger partial charge in [-0.3, -0.25) is 4.79 Å². The van der Waals surface area contributed by atoms with Crippen molar-refractivity contribution in [2.75, 3.05) is 20.2 Å². The maximum atomic E-state index is 13.1. The fraction of sp³-hybridized carbons (Fsp3) is 0.364. The Morgan fingerprint density at radius 3 is 2.90 bits per heavy atom. The van der Waals surface area contributed by atoms with Gasteiger partial charge in [-0.2, -0.15) is 0 Å². The topological polar surface area (TPSA) is 81.4 Å². The molecule has 7 heteroatoms. The highest BCUT2D eigenvalue weighted by atomic mass is 16.5. The van der Waals surface area contributed by atoms with Crippen LogP contribution in [-0.4, -0.2) is 46.1 Å². The molecule has 29 heavy (non-hydrogen) atoms. The summed E-state index contributed by atoms with van der Waals surface area (Å²) in [5, 5.41) is 3.99. The van der Waals surface area contributed by atoms with Gasteiger partial charge in [-0.1, -0.05) is 11.2 Å². The lowest BCUT2D eigenvalue weighted by Crippen LogP contribution is -2.39. The lowest BCUT2D eigenvalue weighted by Gasteiger charge is -2.33. The molecule has 0 saturated carbocycles. The van der Waals surface area contributed by atoms with Crippen LogP contribution in [0.3, 0.4) is 0 Å². The molecule has 150 valence electrons. The lowest BCUT2D eigenvalue weighted by atomic mass is 9.91. The van der Waals surface area contributed by atoms with Gasteiger partial charge >= 0.3 is 0 Å². The highest BCUT2D eigenvalue weighted by molar-refractivity contribution is 5.94. The molecule has 0 spiro atoms. The van der Waals surface area contributed by atoms with Crippen LogP contribution in [0.1, 0.15) is 46.3 Å². The van der Waals surface area contributed by atoms with E-state index in [1.54, 1.807) is 19.4 Å². The van der Waals surface area contributed by atoms with E-state index in [1.165, 1.54) is 0 Å². The number of aryl methyl sites for hydroxylation is 2. The number of nitrogens with zero attached hydrogens (tertiary/aromatic N) is 4. The molecular weight excluding hydrogens is 368 g/mol. The van der Waals surface area contributed by atoms with Crippen molar-refractivity contribution in [1.29, 1.82) is 0 Å². The predicted molar refractivity (Wildman–Crippen MR) is 108 cm³/mol. The number of benzene rings is 1. The number of methoxy groups -OCH3 is 1. The van der Waals surface area contributed by atoms with Crippen LogP contribution in [0.25, 0.3) is 11.3 Å². The van der Waals surface area contributed by atoms with Crippen LogP contribution in [0.4, 0.5) is 0 Å². The number of piperidine rings is 1. The Kier molecular flexibility index (Phi) is 5.29. The minimum absolute atomic E-state index is 0.0106. The smallest absolute Gasteiger partial charge is 0.254 e. The normalized spacial score (nSPS) is 16.7. The SMILES string of the molecule is COc1cccc(C(=O)N2CCC[C@H](c3nc(C)ncc3-c3cc(C)no3)C2)c1. The van der Waals surface area contributed by atoms with Crippen molar-refractivity contribution < 1.29 is 14.1 Å². The number of carbonyl (C=O) groups excluding carboxylic acids is 1. The van der Waals surface area contributed by atoms with Crippen molar-refractivity contribution in [3.8, 4) is 17.1 Å². The zero-order valence-corrected chi connectivity index (χ0v) is 16.9. The molecule has 1 fully saturated rings. The van der Waals surface area contributed by atoms with Gasteiger partial charge in [0.1, 0.15) is 11.6 Å². The molecule has 1 atom stereocenters. The Labute approximate surface area is 169 Å². The quantitative estimate of drug-likeness (QED) is 0.672. The molecule has 0 unspecified atom stereocenters. The van der Waals surface area contributed by atoms with Gasteiger partial charge in [0.25, 0.3) is 5.91 Å². The number of hydrogen-bond acceptors (Lipinski definition) is 6. The van der Waals surface area contributed by atoms with Gasteiger partial charge in [0.05, 0.1) is 24.1 Å². The van der Waals surface area contributed by atoms with E-state index in [-0.39, 0.29) is 11.8 Å². The van der Waals surface area contributed by atoms with Crippen LogP contribution in [0.15, 0.2) is 41.1 Å². The van der Waals surface area contributed by atoms with Crippen molar-refractivity contribution in [3.63, 3.8) is 0 Å². The van der Waals surface area contributed by atoms with Gasteiger partial charge in [-0.25, -0.2) is 9.97 Å². The van der Waals surface area contributed by atoms with Gasteiger partial charge in [-0.15, -0.1) is 0 Å². The summed E-state index contributed by atoms with van der Waals surface area (Å²) >= 11 is 0. The summed E-state index contributed by atoms with van der Waals surface area (Å²) in [6, 6.07) is 9.17. The lowest BCUT2D eigenvalue weighted by molar-refractivity contribution is 0.0705. The van der Waals surface area contributed by atoms with Crippen LogP contribution >= 0.6 is 0 Å². The Bertz CT molecular complexity index is 1030. The Morgan fingerprint density at radius 1 is 1.28 bits per heavy atom. The van der Waals surface area contributed by atoms with Crippen molar-refractivity contribution in [2.45, 2.75) is 32.6 Å². The fourth-order valence-electron chi connectivity index (χ4n) is 3.80. The fourth-order valence-corrected chi connectivity index (χ4v) is 3.80. The van der Waals surface area contributed by atoms with Gasteiger partial charge in [0.2, 0.25) is 0 Å². The minimum Gasteiger partial charge on any atom is -0.497 e. The number of aromatic nitrogens is 3. The third kappa shape index (κ3) is 3.99. The van der Waals surface area contributed by atoms with E-state index < -0.39 is 0 Å². The number of carbonyl (C=O) groups is 1. The zero-order chi connectivity index (χ0) is 20.4. The molecule has 0 aliphatic carbocycles. The maximum Gasteiger partial charge on any atom is 0.254 e. The van der Waals surface area contributed by atoms with Crippen molar-refractivity contribution in [2.24, 2.45) is 0 Å². The molecule has 0 N–H and O–H groups in total. The van der Waals surface area contributed by atoms with Gasteiger partial charge in [0.15, 0.2) is 5.76 Å². The second-order valence-corrected chi connectivity index (χ2v) is 7.37. The summed E-state index contributed by atoms with van der Waals surface area (Å²) in [7, 11) is 1.60. The van der Waals surface area contributed by atoms with E-state index in [2.05, 4.69) is 10.1 Å². The minimum atomic E-state index is 0.0106. The first-order valence-electron chi connectivity index (χ1n) is 9.75. The molecule has 2 aromatic heterocycles. The second kappa shape index (κ2) is 8.03. The Morgan fingerprint density at radius 2 is 2.14 bits per heavy atom. The number of ether oxygens (including phenoxy) is 1. The number of likely N-dealkylation sites (tertiary alicyclic amines) is 1. The summed E-state index contributed by atoms with van der Waals surface area (Å²) in [5.74, 6) is 2.17. The van der Waals surface area contributed by atoms with E-state index >= 15 is 0 Å². The van der Waals surface area contributed by atoms with Gasteiger partial charge in [-0.05, 0) is 44.9 Å². The molecule has 1 amide bonds. The Hall–Kier alpha value is -3.22. The average Bonchev–Trinajstić information content (AvgIpc) is 3.19. The zero-order valence-electron chi connectivity index (χ0n) is 16.9. The average molecular weight is 392 g/mol. The van der Waals surface area contributed by atoms with E-state index in [4.69, 9.17) is 14.2 Å². The second-order valence-electron chi connectivity index (χ2n) is 7.37. The van der Waals surface area contributed by atoms with Crippen LogP contribution in [0.5, 0.6) is 5.75 Å². The standard InChI is InChI=1S/C22H24N4O3/c1-14-10-20(29-25-14)19-12-23-15(2)24-21(19)17-7-5-9-26(13-17)22(27)16-6-4-8-18(11-16)28-3/h4,6,8,10-12,17H,5,7,9,13H2,1-3H3/t17-/m0/s1. The summed E-state index contributed by atoms with van der Waals surface area (Å²) in [6.45, 7) is 5.09. The monoisotopic (exact) mass is 392 g/mol.